The summed E-state index contributed by atoms with van der Waals surface area (Å²) in [5, 5.41) is 0. The molecule has 0 unspecified atom stereocenters. The Morgan fingerprint density at radius 1 is 1.15 bits per heavy atom. The van der Waals surface area contributed by atoms with Crippen LogP contribution in [0.4, 0.5) is 0 Å². The normalized spacial score (nSPS) is 47.1. The number of rotatable bonds is 1. The van der Waals surface area contributed by atoms with Gasteiger partial charge >= 0.3 is 5.97 Å². The van der Waals surface area contributed by atoms with Gasteiger partial charge in [0.1, 0.15) is 5.41 Å². The van der Waals surface area contributed by atoms with Crippen LogP contribution in [0.1, 0.15) is 65.2 Å². The van der Waals surface area contributed by atoms with Crippen LogP contribution in [0.3, 0.4) is 0 Å². The fourth-order valence-corrected chi connectivity index (χ4v) is 7.40. The molecule has 6 atom stereocenters. The molecule has 0 aromatic carbocycles. The smallest absolute Gasteiger partial charge is 0.324 e. The van der Waals surface area contributed by atoms with Crippen molar-refractivity contribution >= 4 is 11.8 Å². The SMILES string of the molecule is C#C[C@]1(C(=O)OC)CC[C@@H]2[C@H]3CCC4=CC(=O)CC[C@@]4(C)[C@@H]3CC[C@@]21C. The molecule has 0 radical (unpaired) electrons. The summed E-state index contributed by atoms with van der Waals surface area (Å²) < 4.78 is 5.17. The molecule has 0 bridgehead atoms. The van der Waals surface area contributed by atoms with Crippen molar-refractivity contribution in [3.05, 3.63) is 11.6 Å². The number of ketones is 1. The lowest BCUT2D eigenvalue weighted by molar-refractivity contribution is -0.160. The number of ether oxygens (including phenoxy) is 1. The largest absolute Gasteiger partial charge is 0.468 e. The van der Waals surface area contributed by atoms with Gasteiger partial charge in [0, 0.05) is 6.42 Å². The molecule has 4 aliphatic carbocycles. The average Bonchev–Trinajstić information content (AvgIpc) is 2.95. The van der Waals surface area contributed by atoms with Crippen molar-refractivity contribution in [2.45, 2.75) is 65.2 Å². The van der Waals surface area contributed by atoms with Gasteiger partial charge in [-0.3, -0.25) is 9.59 Å². The van der Waals surface area contributed by atoms with Gasteiger partial charge in [-0.1, -0.05) is 25.3 Å². The van der Waals surface area contributed by atoms with Crippen molar-refractivity contribution in [2.75, 3.05) is 7.11 Å². The van der Waals surface area contributed by atoms with Crippen molar-refractivity contribution < 1.29 is 14.3 Å². The van der Waals surface area contributed by atoms with E-state index in [0.29, 0.717) is 30.0 Å². The minimum atomic E-state index is -0.767. The number of hydrogen-bond donors (Lipinski definition) is 0. The highest BCUT2D eigenvalue weighted by Crippen LogP contribution is 2.69. The Morgan fingerprint density at radius 3 is 2.58 bits per heavy atom. The molecule has 0 aliphatic heterocycles. The van der Waals surface area contributed by atoms with E-state index in [4.69, 9.17) is 11.2 Å². The summed E-state index contributed by atoms with van der Waals surface area (Å²) >= 11 is 0. The van der Waals surface area contributed by atoms with Crippen molar-refractivity contribution in [3.8, 4) is 12.3 Å². The number of fused-ring (bicyclic) bond motifs is 5. The van der Waals surface area contributed by atoms with Gasteiger partial charge in [0.2, 0.25) is 0 Å². The number of methoxy groups -OCH3 is 1. The van der Waals surface area contributed by atoms with Crippen LogP contribution < -0.4 is 0 Å². The van der Waals surface area contributed by atoms with E-state index in [-0.39, 0.29) is 16.8 Å². The molecular weight excluding hydrogens is 324 g/mol. The molecule has 0 saturated heterocycles. The Balaban J connectivity index is 1.71. The number of allylic oxidation sites excluding steroid dienone is 1. The second-order valence-corrected chi connectivity index (χ2v) is 9.50. The summed E-state index contributed by atoms with van der Waals surface area (Å²) in [6, 6.07) is 0. The maximum Gasteiger partial charge on any atom is 0.324 e. The Labute approximate surface area is 156 Å². The maximum absolute atomic E-state index is 12.7. The lowest BCUT2D eigenvalue weighted by Crippen LogP contribution is -2.54. The van der Waals surface area contributed by atoms with Gasteiger partial charge < -0.3 is 4.74 Å². The molecule has 3 nitrogen and oxygen atoms in total. The highest BCUT2D eigenvalue weighted by molar-refractivity contribution is 5.91. The molecule has 0 spiro atoms. The quantitative estimate of drug-likeness (QED) is 0.520. The summed E-state index contributed by atoms with van der Waals surface area (Å²) in [5.74, 6) is 4.68. The van der Waals surface area contributed by atoms with Gasteiger partial charge in [0.05, 0.1) is 7.11 Å². The number of esters is 1. The Kier molecular flexibility index (Phi) is 3.92. The van der Waals surface area contributed by atoms with E-state index in [2.05, 4.69) is 19.8 Å². The lowest BCUT2D eigenvalue weighted by Gasteiger charge is -2.58. The highest BCUT2D eigenvalue weighted by Gasteiger charge is 2.66. The zero-order valence-corrected chi connectivity index (χ0v) is 16.3. The third-order valence-corrected chi connectivity index (χ3v) is 8.94. The van der Waals surface area contributed by atoms with Crippen LogP contribution in [0.5, 0.6) is 0 Å². The first kappa shape index (κ1) is 17.8. The summed E-state index contributed by atoms with van der Waals surface area (Å²) in [6.45, 7) is 4.63. The summed E-state index contributed by atoms with van der Waals surface area (Å²) in [6.07, 6.45) is 15.6. The average molecular weight is 354 g/mol. The fraction of sp³-hybridized carbons (Fsp3) is 0.739. The van der Waals surface area contributed by atoms with Crippen LogP contribution in [0, 0.1) is 46.3 Å². The molecule has 140 valence electrons. The molecule has 3 fully saturated rings. The molecule has 0 amide bonds. The number of hydrogen-bond acceptors (Lipinski definition) is 3. The second kappa shape index (κ2) is 5.72. The Hall–Kier alpha value is -1.56. The third-order valence-electron chi connectivity index (χ3n) is 8.94. The van der Waals surface area contributed by atoms with Crippen molar-refractivity contribution in [3.63, 3.8) is 0 Å². The number of carbonyl (C=O) groups is 2. The molecular formula is C23H30O3. The minimum absolute atomic E-state index is 0.158. The molecule has 0 aromatic heterocycles. The minimum Gasteiger partial charge on any atom is -0.468 e. The van der Waals surface area contributed by atoms with Crippen molar-refractivity contribution in [1.82, 2.24) is 0 Å². The van der Waals surface area contributed by atoms with Gasteiger partial charge in [-0.2, -0.15) is 0 Å². The van der Waals surface area contributed by atoms with Crippen LogP contribution in [-0.4, -0.2) is 18.9 Å². The maximum atomic E-state index is 12.7. The zero-order valence-electron chi connectivity index (χ0n) is 16.3. The van der Waals surface area contributed by atoms with Crippen LogP contribution >= 0.6 is 0 Å². The van der Waals surface area contributed by atoms with E-state index in [1.165, 1.54) is 12.7 Å². The zero-order chi connectivity index (χ0) is 18.7. The molecule has 0 aromatic rings. The van der Waals surface area contributed by atoms with Crippen molar-refractivity contribution in [1.29, 1.82) is 0 Å². The molecule has 26 heavy (non-hydrogen) atoms. The predicted molar refractivity (Wildman–Crippen MR) is 100.0 cm³/mol. The van der Waals surface area contributed by atoms with Gasteiger partial charge in [-0.25, -0.2) is 0 Å². The van der Waals surface area contributed by atoms with E-state index in [0.717, 1.165) is 44.9 Å². The first-order valence-corrected chi connectivity index (χ1v) is 10.1. The second-order valence-electron chi connectivity index (χ2n) is 9.50. The molecule has 0 heterocycles. The standard InChI is InChI=1S/C23H30O3/c1-5-23(20(25)26-4)13-10-19-17-7-6-15-14-16(24)8-11-21(15,2)18(17)9-12-22(19,23)3/h1,14,17-19H,6-13H2,2-4H3/t17-,18+,19+,21+,22-,23+/m0/s1. The number of carbonyl (C=O) groups excluding carboxylic acids is 2. The van der Waals surface area contributed by atoms with Crippen molar-refractivity contribution in [2.24, 2.45) is 34.0 Å². The van der Waals surface area contributed by atoms with Crippen LogP contribution in [0.2, 0.25) is 0 Å². The molecule has 0 N–H and O–H groups in total. The molecule has 4 rings (SSSR count). The van der Waals surface area contributed by atoms with Gasteiger partial charge in [-0.05, 0) is 79.6 Å². The molecule has 4 aliphatic rings. The predicted octanol–water partition coefficient (Wildman–Crippen LogP) is 4.31. The summed E-state index contributed by atoms with van der Waals surface area (Å²) in [5.41, 5.74) is 0.604. The van der Waals surface area contributed by atoms with Gasteiger partial charge in [0.15, 0.2) is 5.78 Å². The number of terminal acetylenes is 1. The van der Waals surface area contributed by atoms with Crippen LogP contribution in [-0.2, 0) is 14.3 Å². The highest BCUT2D eigenvalue weighted by atomic mass is 16.5. The first-order valence-electron chi connectivity index (χ1n) is 10.1. The molecule has 3 heteroatoms. The van der Waals surface area contributed by atoms with E-state index in [1.807, 2.05) is 6.08 Å². The van der Waals surface area contributed by atoms with Gasteiger partial charge in [-0.15, -0.1) is 6.42 Å². The summed E-state index contributed by atoms with van der Waals surface area (Å²) in [7, 11) is 1.46. The van der Waals surface area contributed by atoms with Crippen LogP contribution in [0.15, 0.2) is 11.6 Å². The lowest BCUT2D eigenvalue weighted by atomic mass is 9.45. The monoisotopic (exact) mass is 354 g/mol. The molecule has 3 saturated carbocycles. The fourth-order valence-electron chi connectivity index (χ4n) is 7.40. The summed E-state index contributed by atoms with van der Waals surface area (Å²) in [4.78, 5) is 24.6. The van der Waals surface area contributed by atoms with E-state index >= 15 is 0 Å². The van der Waals surface area contributed by atoms with Crippen LogP contribution in [0.25, 0.3) is 0 Å². The third kappa shape index (κ3) is 2.02. The van der Waals surface area contributed by atoms with Gasteiger partial charge in [0.25, 0.3) is 0 Å². The first-order chi connectivity index (χ1) is 12.3. The topological polar surface area (TPSA) is 43.4 Å². The van der Waals surface area contributed by atoms with E-state index in [1.54, 1.807) is 0 Å². The Bertz CT molecular complexity index is 728. The Morgan fingerprint density at radius 2 is 1.88 bits per heavy atom. The van der Waals surface area contributed by atoms with E-state index in [9.17, 15) is 9.59 Å². The van der Waals surface area contributed by atoms with E-state index < -0.39 is 5.41 Å².